The van der Waals surface area contributed by atoms with Gasteiger partial charge < -0.3 is 10.0 Å². The minimum Gasteiger partial charge on any atom is -0.384 e. The lowest BCUT2D eigenvalue weighted by Crippen LogP contribution is -2.19. The standard InChI is InChI=1S/C17H18F3NO/c1-21(2)11-13-9-6-10-14(17(18,19)20)15(13)16(22)12-7-4-3-5-8-12/h3-10,16,22H,11H2,1-2H3/t16-/m0/s1. The highest BCUT2D eigenvalue weighted by molar-refractivity contribution is 5.43. The van der Waals surface area contributed by atoms with Crippen LogP contribution in [-0.4, -0.2) is 24.1 Å². The Hall–Kier alpha value is -1.85. The first-order chi connectivity index (χ1) is 10.3. The van der Waals surface area contributed by atoms with Crippen molar-refractivity contribution in [1.82, 2.24) is 4.90 Å². The highest BCUT2D eigenvalue weighted by Gasteiger charge is 2.36. The van der Waals surface area contributed by atoms with Gasteiger partial charge in [-0.2, -0.15) is 13.2 Å². The number of alkyl halides is 3. The zero-order valence-electron chi connectivity index (χ0n) is 12.4. The monoisotopic (exact) mass is 309 g/mol. The van der Waals surface area contributed by atoms with Gasteiger partial charge >= 0.3 is 6.18 Å². The van der Waals surface area contributed by atoms with Crippen molar-refractivity contribution in [2.75, 3.05) is 14.1 Å². The molecule has 0 unspecified atom stereocenters. The van der Waals surface area contributed by atoms with Crippen molar-refractivity contribution in [3.8, 4) is 0 Å². The first kappa shape index (κ1) is 16.5. The molecule has 0 radical (unpaired) electrons. The summed E-state index contributed by atoms with van der Waals surface area (Å²) < 4.78 is 40.0. The van der Waals surface area contributed by atoms with E-state index in [9.17, 15) is 18.3 Å². The molecule has 0 saturated carbocycles. The average Bonchev–Trinajstić information content (AvgIpc) is 2.46. The van der Waals surface area contributed by atoms with Crippen LogP contribution in [0.3, 0.4) is 0 Å². The van der Waals surface area contributed by atoms with Crippen molar-refractivity contribution in [2.45, 2.75) is 18.8 Å². The number of aliphatic hydroxyl groups is 1. The van der Waals surface area contributed by atoms with Gasteiger partial charge in [0.25, 0.3) is 0 Å². The molecule has 0 fully saturated rings. The van der Waals surface area contributed by atoms with E-state index in [0.29, 0.717) is 17.7 Å². The second-order valence-corrected chi connectivity index (χ2v) is 5.43. The molecule has 2 aromatic carbocycles. The van der Waals surface area contributed by atoms with Crippen LogP contribution in [0.1, 0.15) is 28.4 Å². The molecule has 0 bridgehead atoms. The molecular formula is C17H18F3NO. The summed E-state index contributed by atoms with van der Waals surface area (Å²) in [5.41, 5.74) is 0.0495. The van der Waals surface area contributed by atoms with Crippen LogP contribution in [0.25, 0.3) is 0 Å². The normalized spacial score (nSPS) is 13.4. The molecule has 0 amide bonds. The van der Waals surface area contributed by atoms with Gasteiger partial charge in [-0.05, 0) is 31.3 Å². The van der Waals surface area contributed by atoms with E-state index in [1.54, 1.807) is 55.4 Å². The number of aliphatic hydroxyl groups excluding tert-OH is 1. The Balaban J connectivity index is 2.59. The topological polar surface area (TPSA) is 23.5 Å². The third-order valence-electron chi connectivity index (χ3n) is 3.38. The molecule has 0 aliphatic carbocycles. The lowest BCUT2D eigenvalue weighted by Gasteiger charge is -2.23. The minimum absolute atomic E-state index is 0.0742. The quantitative estimate of drug-likeness (QED) is 0.927. The largest absolute Gasteiger partial charge is 0.416 e. The lowest BCUT2D eigenvalue weighted by molar-refractivity contribution is -0.139. The molecule has 0 aliphatic heterocycles. The Morgan fingerprint density at radius 2 is 1.64 bits per heavy atom. The third kappa shape index (κ3) is 3.67. The van der Waals surface area contributed by atoms with Crippen molar-refractivity contribution in [1.29, 1.82) is 0 Å². The molecule has 2 rings (SSSR count). The molecule has 0 aliphatic rings. The Bertz CT molecular complexity index is 624. The summed E-state index contributed by atoms with van der Waals surface area (Å²) in [4.78, 5) is 1.77. The van der Waals surface area contributed by atoms with Crippen LogP contribution in [-0.2, 0) is 12.7 Å². The van der Waals surface area contributed by atoms with Crippen LogP contribution in [0.2, 0.25) is 0 Å². The highest BCUT2D eigenvalue weighted by atomic mass is 19.4. The molecule has 5 heteroatoms. The van der Waals surface area contributed by atoms with E-state index in [-0.39, 0.29) is 5.56 Å². The van der Waals surface area contributed by atoms with E-state index >= 15 is 0 Å². The summed E-state index contributed by atoms with van der Waals surface area (Å²) in [6.07, 6.45) is -5.82. The van der Waals surface area contributed by atoms with Gasteiger partial charge in [0.05, 0.1) is 5.56 Å². The number of hydrogen-bond acceptors (Lipinski definition) is 2. The minimum atomic E-state index is -4.51. The van der Waals surface area contributed by atoms with Gasteiger partial charge in [0.1, 0.15) is 6.10 Å². The first-order valence-electron chi connectivity index (χ1n) is 6.87. The molecule has 0 saturated heterocycles. The van der Waals surface area contributed by atoms with Crippen molar-refractivity contribution in [2.24, 2.45) is 0 Å². The summed E-state index contributed by atoms with van der Waals surface area (Å²) in [5.74, 6) is 0. The molecule has 2 aromatic rings. The van der Waals surface area contributed by atoms with E-state index in [2.05, 4.69) is 0 Å². The molecule has 2 nitrogen and oxygen atoms in total. The van der Waals surface area contributed by atoms with Gasteiger partial charge in [-0.15, -0.1) is 0 Å². The van der Waals surface area contributed by atoms with Crippen LogP contribution in [0.15, 0.2) is 48.5 Å². The Morgan fingerprint density at radius 3 is 2.18 bits per heavy atom. The Kier molecular flexibility index (Phi) is 4.88. The van der Waals surface area contributed by atoms with E-state index in [4.69, 9.17) is 0 Å². The lowest BCUT2D eigenvalue weighted by atomic mass is 9.91. The Labute approximate surface area is 127 Å². The molecule has 118 valence electrons. The number of hydrogen-bond donors (Lipinski definition) is 1. The fourth-order valence-corrected chi connectivity index (χ4v) is 2.46. The molecule has 0 heterocycles. The predicted octanol–water partition coefficient (Wildman–Crippen LogP) is 3.85. The van der Waals surface area contributed by atoms with E-state index in [0.717, 1.165) is 6.07 Å². The summed E-state index contributed by atoms with van der Waals surface area (Å²) in [7, 11) is 3.55. The zero-order valence-corrected chi connectivity index (χ0v) is 12.4. The van der Waals surface area contributed by atoms with E-state index < -0.39 is 17.8 Å². The van der Waals surface area contributed by atoms with Crippen LogP contribution in [0.5, 0.6) is 0 Å². The predicted molar refractivity (Wildman–Crippen MR) is 79.3 cm³/mol. The molecule has 1 atom stereocenters. The van der Waals surface area contributed by atoms with Gasteiger partial charge in [-0.3, -0.25) is 0 Å². The van der Waals surface area contributed by atoms with Crippen LogP contribution in [0.4, 0.5) is 13.2 Å². The molecule has 0 aromatic heterocycles. The van der Waals surface area contributed by atoms with E-state index in [1.165, 1.54) is 6.07 Å². The molecule has 22 heavy (non-hydrogen) atoms. The van der Waals surface area contributed by atoms with Crippen molar-refractivity contribution in [3.63, 3.8) is 0 Å². The number of halogens is 3. The number of rotatable bonds is 4. The molecular weight excluding hydrogens is 291 g/mol. The van der Waals surface area contributed by atoms with Crippen molar-refractivity contribution in [3.05, 3.63) is 70.8 Å². The van der Waals surface area contributed by atoms with Gasteiger partial charge in [0.15, 0.2) is 0 Å². The van der Waals surface area contributed by atoms with Crippen molar-refractivity contribution < 1.29 is 18.3 Å². The average molecular weight is 309 g/mol. The molecule has 1 N–H and O–H groups in total. The number of benzene rings is 2. The second kappa shape index (κ2) is 6.50. The van der Waals surface area contributed by atoms with Gasteiger partial charge in [-0.1, -0.05) is 42.5 Å². The fourth-order valence-electron chi connectivity index (χ4n) is 2.46. The summed E-state index contributed by atoms with van der Waals surface area (Å²) in [6, 6.07) is 12.4. The maximum atomic E-state index is 13.3. The fraction of sp³-hybridized carbons (Fsp3) is 0.294. The van der Waals surface area contributed by atoms with E-state index in [1.807, 2.05) is 0 Å². The van der Waals surface area contributed by atoms with Crippen LogP contribution >= 0.6 is 0 Å². The van der Waals surface area contributed by atoms with Crippen LogP contribution in [0, 0.1) is 0 Å². The third-order valence-corrected chi connectivity index (χ3v) is 3.38. The maximum absolute atomic E-state index is 13.3. The SMILES string of the molecule is CN(C)Cc1cccc(C(F)(F)F)c1[C@@H](O)c1ccccc1. The second-order valence-electron chi connectivity index (χ2n) is 5.43. The zero-order chi connectivity index (χ0) is 16.3. The smallest absolute Gasteiger partial charge is 0.384 e. The first-order valence-corrected chi connectivity index (χ1v) is 6.87. The summed E-state index contributed by atoms with van der Waals surface area (Å²) in [5, 5.41) is 10.5. The van der Waals surface area contributed by atoms with Gasteiger partial charge in [-0.25, -0.2) is 0 Å². The summed E-state index contributed by atoms with van der Waals surface area (Å²) >= 11 is 0. The highest BCUT2D eigenvalue weighted by Crippen LogP contribution is 2.38. The van der Waals surface area contributed by atoms with Crippen LogP contribution < -0.4 is 0 Å². The van der Waals surface area contributed by atoms with Crippen molar-refractivity contribution >= 4 is 0 Å². The Morgan fingerprint density at radius 1 is 1.00 bits per heavy atom. The summed E-state index contributed by atoms with van der Waals surface area (Å²) in [6.45, 7) is 0.323. The van der Waals surface area contributed by atoms with Gasteiger partial charge in [0.2, 0.25) is 0 Å². The van der Waals surface area contributed by atoms with Gasteiger partial charge in [0, 0.05) is 12.1 Å². The number of nitrogens with zero attached hydrogens (tertiary/aromatic N) is 1. The maximum Gasteiger partial charge on any atom is 0.416 e. The molecule has 0 spiro atoms.